The van der Waals surface area contributed by atoms with Crippen molar-refractivity contribution in [3.8, 4) is 0 Å². The third-order valence-electron chi connectivity index (χ3n) is 9.23. The highest BCUT2D eigenvalue weighted by Gasteiger charge is 2.69. The molecule has 2 saturated carbocycles. The van der Waals surface area contributed by atoms with Crippen molar-refractivity contribution < 1.29 is 24.0 Å². The van der Waals surface area contributed by atoms with Crippen LogP contribution >= 0.6 is 0 Å². The van der Waals surface area contributed by atoms with Crippen LogP contribution in [0.5, 0.6) is 0 Å². The third kappa shape index (κ3) is 6.51. The van der Waals surface area contributed by atoms with Crippen LogP contribution in [0.1, 0.15) is 100 Å². The molecule has 0 bridgehead atoms. The van der Waals surface area contributed by atoms with Gasteiger partial charge in [-0.1, -0.05) is 74.7 Å². The number of primary amides is 1. The van der Waals surface area contributed by atoms with Crippen LogP contribution in [0.3, 0.4) is 0 Å². The minimum absolute atomic E-state index is 0.0304. The van der Waals surface area contributed by atoms with Gasteiger partial charge >= 0.3 is 0 Å². The Morgan fingerprint density at radius 2 is 1.57 bits per heavy atom. The summed E-state index contributed by atoms with van der Waals surface area (Å²) in [6.07, 6.45) is 4.08. The Kier molecular flexibility index (Phi) is 8.18. The Morgan fingerprint density at radius 3 is 2.03 bits per heavy atom. The van der Waals surface area contributed by atoms with E-state index in [0.717, 1.165) is 19.3 Å². The number of carbonyl (C=O) groups excluding carboxylic acids is 5. The number of likely N-dealkylation sites (tertiary alicyclic amines) is 1. The van der Waals surface area contributed by atoms with Gasteiger partial charge in [-0.05, 0) is 40.4 Å². The van der Waals surface area contributed by atoms with Gasteiger partial charge in [-0.2, -0.15) is 0 Å². The maximum atomic E-state index is 14.0. The van der Waals surface area contributed by atoms with E-state index in [-0.39, 0.29) is 53.0 Å². The Morgan fingerprint density at radius 1 is 0.973 bits per heavy atom. The van der Waals surface area contributed by atoms with E-state index in [1.54, 1.807) is 4.90 Å². The number of fused-ring (bicyclic) bond motifs is 1. The molecular weight excluding hydrogens is 468 g/mol. The zero-order valence-electron chi connectivity index (χ0n) is 24.2. The van der Waals surface area contributed by atoms with Gasteiger partial charge in [0.05, 0.1) is 6.04 Å². The molecule has 0 unspecified atom stereocenters. The smallest absolute Gasteiger partial charge is 0.285 e. The van der Waals surface area contributed by atoms with Gasteiger partial charge in [0, 0.05) is 37.6 Å². The van der Waals surface area contributed by atoms with E-state index in [9.17, 15) is 24.0 Å². The number of carbonyl (C=O) groups is 5. The molecular formula is C30H48N2O5. The van der Waals surface area contributed by atoms with Crippen molar-refractivity contribution in [3.05, 3.63) is 0 Å². The quantitative estimate of drug-likeness (QED) is 0.410. The Bertz CT molecular complexity index is 950. The van der Waals surface area contributed by atoms with Crippen molar-refractivity contribution in [2.75, 3.05) is 6.54 Å². The molecule has 2 aliphatic carbocycles. The summed E-state index contributed by atoms with van der Waals surface area (Å²) in [6, 6.07) is -0.625. The summed E-state index contributed by atoms with van der Waals surface area (Å²) >= 11 is 0. The summed E-state index contributed by atoms with van der Waals surface area (Å²) < 4.78 is 0. The normalized spacial score (nSPS) is 26.6. The largest absolute Gasteiger partial charge is 0.363 e. The van der Waals surface area contributed by atoms with E-state index in [1.165, 1.54) is 0 Å². The van der Waals surface area contributed by atoms with Gasteiger partial charge in [0.2, 0.25) is 11.7 Å². The lowest BCUT2D eigenvalue weighted by Gasteiger charge is -2.38. The van der Waals surface area contributed by atoms with Gasteiger partial charge in [-0.25, -0.2) is 0 Å². The Hall–Kier alpha value is -2.05. The first-order valence-corrected chi connectivity index (χ1v) is 14.0. The highest BCUT2D eigenvalue weighted by atomic mass is 16.2. The standard InChI is InChI=1S/C30H48N2O5/c1-28(2,3)15-19(33)14-20(29(4,5)6)27(37)32-16-21-23(30(21,7)8)24(32)22(34)13-18(25(35)26(31)36)12-17-10-9-11-17/h17-18,20-21,23-24H,9-16H2,1-8H3,(H2,31,36)/t18-,20-,21+,23+,24-/m1/s1. The molecule has 2 amide bonds. The molecule has 0 aromatic carbocycles. The summed E-state index contributed by atoms with van der Waals surface area (Å²) in [5, 5.41) is 0. The van der Waals surface area contributed by atoms with E-state index in [4.69, 9.17) is 5.73 Å². The molecule has 1 heterocycles. The van der Waals surface area contributed by atoms with Gasteiger partial charge in [-0.15, -0.1) is 0 Å². The minimum Gasteiger partial charge on any atom is -0.363 e. The van der Waals surface area contributed by atoms with Crippen LogP contribution in [0.2, 0.25) is 0 Å². The van der Waals surface area contributed by atoms with Crippen LogP contribution < -0.4 is 5.73 Å². The fraction of sp³-hybridized carbons (Fsp3) is 0.833. The maximum Gasteiger partial charge on any atom is 0.285 e. The van der Waals surface area contributed by atoms with Crippen LogP contribution in [0.15, 0.2) is 0 Å². The maximum absolute atomic E-state index is 14.0. The van der Waals surface area contributed by atoms with Crippen LogP contribution in [0.25, 0.3) is 0 Å². The molecule has 208 valence electrons. The zero-order valence-corrected chi connectivity index (χ0v) is 24.2. The van der Waals surface area contributed by atoms with Crippen LogP contribution in [-0.2, 0) is 24.0 Å². The molecule has 1 aliphatic heterocycles. The lowest BCUT2D eigenvalue weighted by Crippen LogP contribution is -2.51. The van der Waals surface area contributed by atoms with Gasteiger partial charge in [0.25, 0.3) is 5.91 Å². The molecule has 5 atom stereocenters. The van der Waals surface area contributed by atoms with E-state index in [0.29, 0.717) is 25.3 Å². The van der Waals surface area contributed by atoms with Gasteiger partial charge in [0.15, 0.2) is 5.78 Å². The van der Waals surface area contributed by atoms with Crippen molar-refractivity contribution in [1.82, 2.24) is 4.90 Å². The van der Waals surface area contributed by atoms with Crippen molar-refractivity contribution in [2.45, 2.75) is 106 Å². The fourth-order valence-corrected chi connectivity index (χ4v) is 6.72. The number of Topliss-reactive ketones (excluding diaryl/α,β-unsaturated/α-hetero) is 3. The zero-order chi connectivity index (χ0) is 28.1. The molecule has 2 N–H and O–H groups in total. The average molecular weight is 517 g/mol. The lowest BCUT2D eigenvalue weighted by atomic mass is 9.74. The van der Waals surface area contributed by atoms with Gasteiger partial charge in [-0.3, -0.25) is 24.0 Å². The number of ketones is 3. The Labute approximate surface area is 222 Å². The molecule has 0 aromatic rings. The van der Waals surface area contributed by atoms with Crippen molar-refractivity contribution in [2.24, 2.45) is 51.6 Å². The average Bonchev–Trinajstić information content (AvgIpc) is 3.06. The third-order valence-corrected chi connectivity index (χ3v) is 9.23. The summed E-state index contributed by atoms with van der Waals surface area (Å²) in [6.45, 7) is 16.7. The van der Waals surface area contributed by atoms with Crippen molar-refractivity contribution >= 4 is 29.2 Å². The molecule has 0 radical (unpaired) electrons. The predicted octanol–water partition coefficient (Wildman–Crippen LogP) is 4.35. The van der Waals surface area contributed by atoms with Gasteiger partial charge in [0.1, 0.15) is 5.78 Å². The summed E-state index contributed by atoms with van der Waals surface area (Å²) in [5.74, 6) is -2.58. The first kappa shape index (κ1) is 29.5. The molecule has 7 nitrogen and oxygen atoms in total. The second-order valence-corrected chi connectivity index (χ2v) is 14.9. The number of piperidine rings is 1. The van der Waals surface area contributed by atoms with E-state index >= 15 is 0 Å². The Balaban J connectivity index is 1.83. The summed E-state index contributed by atoms with van der Waals surface area (Å²) in [7, 11) is 0. The molecule has 1 saturated heterocycles. The SMILES string of the molecule is CC(C)(C)CC(=O)C[C@H](C(=O)N1C[C@H]2[C@@H]([C@H]1C(=O)C[C@@H](CC1CCC1)C(=O)C(N)=O)C2(C)C)C(C)(C)C. The van der Waals surface area contributed by atoms with E-state index in [1.807, 2.05) is 41.5 Å². The number of nitrogens with two attached hydrogens (primary N) is 1. The molecule has 0 aromatic heterocycles. The highest BCUT2D eigenvalue weighted by Crippen LogP contribution is 2.65. The first-order valence-electron chi connectivity index (χ1n) is 14.0. The monoisotopic (exact) mass is 516 g/mol. The second kappa shape index (κ2) is 10.3. The topological polar surface area (TPSA) is 115 Å². The second-order valence-electron chi connectivity index (χ2n) is 14.9. The predicted molar refractivity (Wildman–Crippen MR) is 142 cm³/mol. The molecule has 37 heavy (non-hydrogen) atoms. The molecule has 3 fully saturated rings. The highest BCUT2D eigenvalue weighted by molar-refractivity contribution is 6.36. The first-order chi connectivity index (χ1) is 16.8. The van der Waals surface area contributed by atoms with E-state index < -0.39 is 35.0 Å². The summed E-state index contributed by atoms with van der Waals surface area (Å²) in [5.41, 5.74) is 4.66. The fourth-order valence-electron chi connectivity index (χ4n) is 6.72. The van der Waals surface area contributed by atoms with E-state index in [2.05, 4.69) is 13.8 Å². The van der Waals surface area contributed by atoms with Gasteiger partial charge < -0.3 is 10.6 Å². The number of hydrogen-bond donors (Lipinski definition) is 1. The minimum atomic E-state index is -0.994. The molecule has 0 spiro atoms. The van der Waals surface area contributed by atoms with Crippen LogP contribution in [0, 0.1) is 45.8 Å². The number of hydrogen-bond acceptors (Lipinski definition) is 5. The molecule has 3 aliphatic rings. The van der Waals surface area contributed by atoms with Crippen LogP contribution in [-0.4, -0.2) is 46.7 Å². The van der Waals surface area contributed by atoms with Crippen LogP contribution in [0.4, 0.5) is 0 Å². The molecule has 3 rings (SSSR count). The summed E-state index contributed by atoms with van der Waals surface area (Å²) in [4.78, 5) is 66.9. The van der Waals surface area contributed by atoms with Crippen molar-refractivity contribution in [1.29, 1.82) is 0 Å². The number of rotatable bonds is 11. The van der Waals surface area contributed by atoms with Crippen molar-refractivity contribution in [3.63, 3.8) is 0 Å². The number of nitrogens with zero attached hydrogens (tertiary/aromatic N) is 1. The lowest BCUT2D eigenvalue weighted by molar-refractivity contribution is -0.148. The molecule has 7 heteroatoms. The number of amides is 2.